The monoisotopic (exact) mass is 260 g/mol. The van der Waals surface area contributed by atoms with Gasteiger partial charge in [-0.25, -0.2) is 0 Å². The average Bonchev–Trinajstić information content (AvgIpc) is 2.61. The van der Waals surface area contributed by atoms with Crippen molar-refractivity contribution < 1.29 is 0 Å². The smallest absolute Gasteiger partial charge is 0.0309 e. The maximum Gasteiger partial charge on any atom is 0.0309 e. The van der Waals surface area contributed by atoms with Gasteiger partial charge in [0.25, 0.3) is 0 Å². The van der Waals surface area contributed by atoms with Crippen molar-refractivity contribution in [2.24, 2.45) is 11.7 Å². The fourth-order valence-corrected chi connectivity index (χ4v) is 3.03. The number of nitrogens with two attached hydrogens (primary N) is 1. The molecule has 2 atom stereocenters. The van der Waals surface area contributed by atoms with Crippen molar-refractivity contribution in [2.75, 3.05) is 19.6 Å². The first kappa shape index (κ1) is 14.5. The van der Waals surface area contributed by atoms with Crippen molar-refractivity contribution in [3.8, 4) is 0 Å². The molecule has 0 bridgehead atoms. The van der Waals surface area contributed by atoms with E-state index < -0.39 is 0 Å². The summed E-state index contributed by atoms with van der Waals surface area (Å²) in [7, 11) is 0. The number of hydrogen-bond acceptors (Lipinski definition) is 2. The van der Waals surface area contributed by atoms with Gasteiger partial charge in [0.05, 0.1) is 0 Å². The molecule has 1 heterocycles. The molecule has 2 unspecified atom stereocenters. The predicted molar refractivity (Wildman–Crippen MR) is 82.2 cm³/mol. The first-order valence-electron chi connectivity index (χ1n) is 7.70. The molecule has 2 nitrogen and oxygen atoms in total. The molecule has 19 heavy (non-hydrogen) atoms. The molecule has 1 aliphatic rings. The largest absolute Gasteiger partial charge is 0.324 e. The number of nitrogens with zero attached hydrogens (tertiary/aromatic N) is 1. The van der Waals surface area contributed by atoms with Crippen LogP contribution in [-0.4, -0.2) is 24.5 Å². The van der Waals surface area contributed by atoms with Crippen molar-refractivity contribution in [1.82, 2.24) is 4.90 Å². The van der Waals surface area contributed by atoms with E-state index in [-0.39, 0.29) is 6.04 Å². The summed E-state index contributed by atoms with van der Waals surface area (Å²) < 4.78 is 0. The van der Waals surface area contributed by atoms with E-state index in [2.05, 4.69) is 43.0 Å². The molecule has 1 fully saturated rings. The number of benzene rings is 1. The van der Waals surface area contributed by atoms with Crippen molar-refractivity contribution >= 4 is 0 Å². The van der Waals surface area contributed by atoms with Gasteiger partial charge in [-0.2, -0.15) is 0 Å². The Labute approximate surface area is 118 Å². The van der Waals surface area contributed by atoms with E-state index in [4.69, 9.17) is 5.73 Å². The van der Waals surface area contributed by atoms with Gasteiger partial charge in [-0.3, -0.25) is 0 Å². The first-order valence-corrected chi connectivity index (χ1v) is 7.70. The van der Waals surface area contributed by atoms with E-state index in [1.165, 1.54) is 43.5 Å². The second-order valence-electron chi connectivity index (χ2n) is 6.13. The van der Waals surface area contributed by atoms with Crippen LogP contribution in [0, 0.1) is 12.8 Å². The third-order valence-electron chi connectivity index (χ3n) is 4.45. The minimum atomic E-state index is 0.182. The summed E-state index contributed by atoms with van der Waals surface area (Å²) in [5.41, 5.74) is 8.98. The van der Waals surface area contributed by atoms with E-state index in [0.717, 1.165) is 18.9 Å². The van der Waals surface area contributed by atoms with Gasteiger partial charge >= 0.3 is 0 Å². The maximum absolute atomic E-state index is 6.35. The normalized spacial score (nSPS) is 23.0. The van der Waals surface area contributed by atoms with Gasteiger partial charge in [0.1, 0.15) is 0 Å². The number of aryl methyl sites for hydroxylation is 1. The van der Waals surface area contributed by atoms with E-state index >= 15 is 0 Å². The summed E-state index contributed by atoms with van der Waals surface area (Å²) in [5.74, 6) is 0.898. The summed E-state index contributed by atoms with van der Waals surface area (Å²) in [6, 6.07) is 8.69. The Morgan fingerprint density at radius 1 is 1.26 bits per heavy atom. The van der Waals surface area contributed by atoms with Crippen molar-refractivity contribution in [3.63, 3.8) is 0 Å². The molecular weight excluding hydrogens is 232 g/mol. The molecule has 1 aromatic carbocycles. The highest BCUT2D eigenvalue weighted by Crippen LogP contribution is 2.20. The molecule has 0 aliphatic carbocycles. The minimum absolute atomic E-state index is 0.182. The molecule has 0 spiro atoms. The summed E-state index contributed by atoms with van der Waals surface area (Å²) in [6.07, 6.45) is 5.15. The van der Waals surface area contributed by atoms with Crippen LogP contribution in [0.3, 0.4) is 0 Å². The molecule has 0 amide bonds. The summed E-state index contributed by atoms with van der Waals surface area (Å²) >= 11 is 0. The van der Waals surface area contributed by atoms with Crippen molar-refractivity contribution in [2.45, 2.75) is 45.6 Å². The van der Waals surface area contributed by atoms with Crippen LogP contribution >= 0.6 is 0 Å². The van der Waals surface area contributed by atoms with E-state index in [9.17, 15) is 0 Å². The van der Waals surface area contributed by atoms with Gasteiger partial charge in [-0.1, -0.05) is 31.2 Å². The Bertz CT molecular complexity index is 389. The molecule has 0 radical (unpaired) electrons. The molecule has 0 saturated carbocycles. The van der Waals surface area contributed by atoms with Crippen LogP contribution in [0.15, 0.2) is 24.3 Å². The van der Waals surface area contributed by atoms with Crippen LogP contribution in [0.4, 0.5) is 0 Å². The van der Waals surface area contributed by atoms with Gasteiger partial charge < -0.3 is 10.6 Å². The Kier molecular flexibility index (Phi) is 5.41. The van der Waals surface area contributed by atoms with Crippen molar-refractivity contribution in [3.05, 3.63) is 35.4 Å². The highest BCUT2D eigenvalue weighted by atomic mass is 15.1. The van der Waals surface area contributed by atoms with E-state index in [1.807, 2.05) is 0 Å². The molecule has 2 N–H and O–H groups in total. The summed E-state index contributed by atoms with van der Waals surface area (Å²) in [6.45, 7) is 8.18. The zero-order valence-electron chi connectivity index (χ0n) is 12.4. The van der Waals surface area contributed by atoms with Crippen LogP contribution in [-0.2, 0) is 0 Å². The van der Waals surface area contributed by atoms with Gasteiger partial charge in [-0.15, -0.1) is 0 Å². The Morgan fingerprint density at radius 3 is 2.84 bits per heavy atom. The van der Waals surface area contributed by atoms with Crippen LogP contribution < -0.4 is 5.73 Å². The molecule has 106 valence electrons. The van der Waals surface area contributed by atoms with E-state index in [1.54, 1.807) is 0 Å². The lowest BCUT2D eigenvalue weighted by molar-refractivity contribution is 0.270. The molecule has 2 rings (SSSR count). The maximum atomic E-state index is 6.35. The third-order valence-corrected chi connectivity index (χ3v) is 4.45. The highest BCUT2D eigenvalue weighted by Gasteiger charge is 2.15. The first-order chi connectivity index (χ1) is 9.16. The second-order valence-corrected chi connectivity index (χ2v) is 6.13. The minimum Gasteiger partial charge on any atom is -0.324 e. The standard InChI is InChI=1S/C17H28N2/c1-14-6-5-11-19(12-9-14)13-10-17(18)16-8-4-3-7-15(16)2/h3-4,7-8,14,17H,5-6,9-13,18H2,1-2H3. The molecule has 0 aromatic heterocycles. The van der Waals surface area contributed by atoms with Crippen LogP contribution in [0.25, 0.3) is 0 Å². The zero-order valence-corrected chi connectivity index (χ0v) is 12.4. The van der Waals surface area contributed by atoms with Crippen LogP contribution in [0.1, 0.15) is 49.8 Å². The van der Waals surface area contributed by atoms with Gasteiger partial charge in [0.15, 0.2) is 0 Å². The number of likely N-dealkylation sites (tertiary alicyclic amines) is 1. The average molecular weight is 260 g/mol. The predicted octanol–water partition coefficient (Wildman–Crippen LogP) is 3.51. The summed E-state index contributed by atoms with van der Waals surface area (Å²) in [4.78, 5) is 2.60. The Hall–Kier alpha value is -0.860. The lowest BCUT2D eigenvalue weighted by Crippen LogP contribution is -2.28. The van der Waals surface area contributed by atoms with Crippen molar-refractivity contribution in [1.29, 1.82) is 0 Å². The lowest BCUT2D eigenvalue weighted by atomic mass is 9.99. The van der Waals surface area contributed by atoms with Gasteiger partial charge in [0, 0.05) is 6.04 Å². The molecular formula is C17H28N2. The fraction of sp³-hybridized carbons (Fsp3) is 0.647. The van der Waals surface area contributed by atoms with Crippen LogP contribution in [0.2, 0.25) is 0 Å². The number of rotatable bonds is 4. The fourth-order valence-electron chi connectivity index (χ4n) is 3.03. The summed E-state index contributed by atoms with van der Waals surface area (Å²) in [5, 5.41) is 0. The van der Waals surface area contributed by atoms with E-state index in [0.29, 0.717) is 0 Å². The SMILES string of the molecule is Cc1ccccc1C(N)CCN1CCCC(C)CC1. The zero-order chi connectivity index (χ0) is 13.7. The lowest BCUT2D eigenvalue weighted by Gasteiger charge is -2.22. The molecule has 2 heteroatoms. The molecule has 1 aromatic rings. The third kappa shape index (κ3) is 4.32. The second kappa shape index (κ2) is 7.06. The number of hydrogen-bond donors (Lipinski definition) is 1. The quantitative estimate of drug-likeness (QED) is 0.897. The van der Waals surface area contributed by atoms with Gasteiger partial charge in [-0.05, 0) is 69.3 Å². The van der Waals surface area contributed by atoms with Crippen LogP contribution in [0.5, 0.6) is 0 Å². The topological polar surface area (TPSA) is 29.3 Å². The Balaban J connectivity index is 1.83. The Morgan fingerprint density at radius 2 is 2.05 bits per heavy atom. The molecule has 1 aliphatic heterocycles. The van der Waals surface area contributed by atoms with Gasteiger partial charge in [0.2, 0.25) is 0 Å². The highest BCUT2D eigenvalue weighted by molar-refractivity contribution is 5.28. The molecule has 1 saturated heterocycles.